The predicted molar refractivity (Wildman–Crippen MR) is 89.9 cm³/mol. The van der Waals surface area contributed by atoms with Crippen molar-refractivity contribution < 1.29 is 28.7 Å². The van der Waals surface area contributed by atoms with E-state index in [0.717, 1.165) is 0 Å². The zero-order valence-electron chi connectivity index (χ0n) is 15.7. The standard InChI is InChI=1S/C9H15NO3.C8H13NO3/c1-4-13-8(12)9(2)6-10(3)5-7(9)11;1-3-12-8(11)6-4-9(2)5-7(6)10/h4-6H2,1-3H3;6H,3-5H2,1-2H3. The summed E-state index contributed by atoms with van der Waals surface area (Å²) in [4.78, 5) is 48.9. The molecule has 0 aromatic carbocycles. The van der Waals surface area contributed by atoms with E-state index in [4.69, 9.17) is 9.47 Å². The lowest BCUT2D eigenvalue weighted by Gasteiger charge is -2.19. The van der Waals surface area contributed by atoms with E-state index in [1.165, 1.54) is 0 Å². The lowest BCUT2D eigenvalue weighted by molar-refractivity contribution is -0.157. The normalized spacial score (nSPS) is 27.0. The van der Waals surface area contributed by atoms with Gasteiger partial charge in [-0.05, 0) is 34.9 Å². The molecule has 0 aliphatic carbocycles. The van der Waals surface area contributed by atoms with Crippen LogP contribution in [0, 0.1) is 11.3 Å². The molecule has 0 spiro atoms. The Morgan fingerprint density at radius 2 is 1.68 bits per heavy atom. The molecule has 2 saturated heterocycles. The van der Waals surface area contributed by atoms with Gasteiger partial charge in [0.1, 0.15) is 11.3 Å². The Morgan fingerprint density at radius 1 is 1.08 bits per heavy atom. The summed E-state index contributed by atoms with van der Waals surface area (Å²) in [5.41, 5.74) is -0.940. The Balaban J connectivity index is 0.000000251. The van der Waals surface area contributed by atoms with Crippen molar-refractivity contribution in [2.45, 2.75) is 20.8 Å². The van der Waals surface area contributed by atoms with Crippen LogP contribution in [0.5, 0.6) is 0 Å². The Hall–Kier alpha value is -1.80. The van der Waals surface area contributed by atoms with Gasteiger partial charge in [-0.15, -0.1) is 0 Å². The third-order valence-corrected chi connectivity index (χ3v) is 4.22. The number of likely N-dealkylation sites (tertiary alicyclic amines) is 2. The molecular weight excluding hydrogens is 328 g/mol. The van der Waals surface area contributed by atoms with Crippen LogP contribution in [0.15, 0.2) is 0 Å². The van der Waals surface area contributed by atoms with Crippen LogP contribution >= 0.6 is 0 Å². The van der Waals surface area contributed by atoms with E-state index in [-0.39, 0.29) is 17.5 Å². The highest BCUT2D eigenvalue weighted by atomic mass is 16.5. The minimum atomic E-state index is -0.940. The van der Waals surface area contributed by atoms with Crippen molar-refractivity contribution in [1.82, 2.24) is 9.80 Å². The second kappa shape index (κ2) is 9.05. The summed E-state index contributed by atoms with van der Waals surface area (Å²) in [6.45, 7) is 7.46. The quantitative estimate of drug-likeness (QED) is 0.503. The Morgan fingerprint density at radius 3 is 2.08 bits per heavy atom. The number of nitrogens with zero attached hydrogens (tertiary/aromatic N) is 2. The number of ether oxygens (including phenoxy) is 2. The number of rotatable bonds is 4. The third kappa shape index (κ3) is 5.34. The smallest absolute Gasteiger partial charge is 0.320 e. The Kier molecular flexibility index (Phi) is 7.69. The average molecular weight is 356 g/mol. The van der Waals surface area contributed by atoms with Crippen LogP contribution in [0.3, 0.4) is 0 Å². The summed E-state index contributed by atoms with van der Waals surface area (Å²) in [7, 11) is 3.64. The van der Waals surface area contributed by atoms with Gasteiger partial charge in [0.05, 0.1) is 26.3 Å². The number of carbonyl (C=O) groups excluding carboxylic acids is 4. The monoisotopic (exact) mass is 356 g/mol. The van der Waals surface area contributed by atoms with E-state index in [9.17, 15) is 19.2 Å². The van der Waals surface area contributed by atoms with Crippen molar-refractivity contribution in [3.8, 4) is 0 Å². The zero-order valence-corrected chi connectivity index (χ0v) is 15.7. The topological polar surface area (TPSA) is 93.2 Å². The highest BCUT2D eigenvalue weighted by Crippen LogP contribution is 2.27. The van der Waals surface area contributed by atoms with Gasteiger partial charge in [0, 0.05) is 13.1 Å². The first kappa shape index (κ1) is 21.2. The largest absolute Gasteiger partial charge is 0.465 e. The molecule has 0 saturated carbocycles. The molecule has 0 radical (unpaired) electrons. The van der Waals surface area contributed by atoms with E-state index >= 15 is 0 Å². The molecule has 0 aromatic rings. The van der Waals surface area contributed by atoms with Crippen LogP contribution in [0.25, 0.3) is 0 Å². The molecular formula is C17H28N2O6. The number of esters is 2. The fourth-order valence-electron chi connectivity index (χ4n) is 2.88. The molecule has 8 heteroatoms. The van der Waals surface area contributed by atoms with Gasteiger partial charge in [-0.25, -0.2) is 0 Å². The van der Waals surface area contributed by atoms with Gasteiger partial charge in [-0.1, -0.05) is 0 Å². The molecule has 142 valence electrons. The van der Waals surface area contributed by atoms with Crippen molar-refractivity contribution in [2.24, 2.45) is 11.3 Å². The van der Waals surface area contributed by atoms with E-state index in [2.05, 4.69) is 0 Å². The number of ketones is 2. The van der Waals surface area contributed by atoms with Crippen LogP contribution in [0.4, 0.5) is 0 Å². The van der Waals surface area contributed by atoms with Crippen LogP contribution in [-0.4, -0.2) is 86.8 Å². The fraction of sp³-hybridized carbons (Fsp3) is 0.765. The van der Waals surface area contributed by atoms with Crippen LogP contribution in [0.2, 0.25) is 0 Å². The molecule has 0 N–H and O–H groups in total. The summed E-state index contributed by atoms with van der Waals surface area (Å²) < 4.78 is 9.62. The SMILES string of the molecule is CCOC(=O)C1(C)CN(C)CC1=O.CCOC(=O)C1CN(C)CC1=O. The Bertz CT molecular complexity index is 535. The van der Waals surface area contributed by atoms with Gasteiger partial charge in [0.15, 0.2) is 11.6 Å². The summed E-state index contributed by atoms with van der Waals surface area (Å²) >= 11 is 0. The molecule has 0 aromatic heterocycles. The van der Waals surface area contributed by atoms with Crippen LogP contribution in [-0.2, 0) is 28.7 Å². The van der Waals surface area contributed by atoms with E-state index in [0.29, 0.717) is 39.4 Å². The number of likely N-dealkylation sites (N-methyl/N-ethyl adjacent to an activating group) is 2. The number of carbonyl (C=O) groups is 4. The highest BCUT2D eigenvalue weighted by molar-refractivity contribution is 6.06. The number of hydrogen-bond acceptors (Lipinski definition) is 8. The fourth-order valence-corrected chi connectivity index (χ4v) is 2.88. The minimum absolute atomic E-state index is 0.0315. The summed E-state index contributed by atoms with van der Waals surface area (Å²) in [5, 5.41) is 0. The maximum Gasteiger partial charge on any atom is 0.320 e. The number of hydrogen-bond donors (Lipinski definition) is 0. The maximum absolute atomic E-state index is 11.5. The van der Waals surface area contributed by atoms with Crippen LogP contribution in [0.1, 0.15) is 20.8 Å². The molecule has 2 rings (SSSR count). The molecule has 25 heavy (non-hydrogen) atoms. The second-order valence-electron chi connectivity index (χ2n) is 6.62. The number of Topliss-reactive ketones (excluding diaryl/α,β-unsaturated/α-hetero) is 2. The van der Waals surface area contributed by atoms with E-state index in [1.54, 1.807) is 20.8 Å². The van der Waals surface area contributed by atoms with Crippen molar-refractivity contribution in [3.05, 3.63) is 0 Å². The molecule has 2 unspecified atom stereocenters. The van der Waals surface area contributed by atoms with Gasteiger partial charge in [0.25, 0.3) is 0 Å². The summed E-state index contributed by atoms with van der Waals surface area (Å²) in [6, 6.07) is 0. The van der Waals surface area contributed by atoms with Gasteiger partial charge in [0.2, 0.25) is 0 Å². The molecule has 8 nitrogen and oxygen atoms in total. The first-order valence-corrected chi connectivity index (χ1v) is 8.42. The van der Waals surface area contributed by atoms with Gasteiger partial charge < -0.3 is 9.47 Å². The van der Waals surface area contributed by atoms with Gasteiger partial charge in [-0.2, -0.15) is 0 Å². The molecule has 2 atom stereocenters. The molecule has 2 aliphatic rings. The molecule has 2 fully saturated rings. The lowest BCUT2D eigenvalue weighted by atomic mass is 9.89. The summed E-state index contributed by atoms with van der Waals surface area (Å²) in [5.74, 6) is -1.41. The first-order valence-electron chi connectivity index (χ1n) is 8.42. The predicted octanol–water partition coefficient (Wildman–Crippen LogP) is -0.249. The first-order chi connectivity index (χ1) is 11.7. The average Bonchev–Trinajstić information content (AvgIpc) is 2.99. The molecule has 2 aliphatic heterocycles. The summed E-state index contributed by atoms with van der Waals surface area (Å²) in [6.07, 6.45) is 0. The second-order valence-corrected chi connectivity index (χ2v) is 6.62. The maximum atomic E-state index is 11.5. The van der Waals surface area contributed by atoms with E-state index < -0.39 is 17.3 Å². The van der Waals surface area contributed by atoms with Crippen molar-refractivity contribution in [2.75, 3.05) is 53.5 Å². The molecule has 0 bridgehead atoms. The van der Waals surface area contributed by atoms with E-state index in [1.807, 2.05) is 23.9 Å². The highest BCUT2D eigenvalue weighted by Gasteiger charge is 2.47. The van der Waals surface area contributed by atoms with Crippen molar-refractivity contribution in [3.63, 3.8) is 0 Å². The lowest BCUT2D eigenvalue weighted by Crippen LogP contribution is -2.37. The minimum Gasteiger partial charge on any atom is -0.465 e. The molecule has 2 heterocycles. The van der Waals surface area contributed by atoms with Crippen molar-refractivity contribution >= 4 is 23.5 Å². The third-order valence-electron chi connectivity index (χ3n) is 4.22. The van der Waals surface area contributed by atoms with Gasteiger partial charge >= 0.3 is 11.9 Å². The zero-order chi connectivity index (χ0) is 19.2. The Labute approximate surface area is 148 Å². The molecule has 0 amide bonds. The van der Waals surface area contributed by atoms with Crippen molar-refractivity contribution in [1.29, 1.82) is 0 Å². The van der Waals surface area contributed by atoms with Gasteiger partial charge in [-0.3, -0.25) is 29.0 Å². The van der Waals surface area contributed by atoms with Crippen LogP contribution < -0.4 is 0 Å².